The molecule has 23 heavy (non-hydrogen) atoms. The van der Waals surface area contributed by atoms with Crippen molar-refractivity contribution >= 4 is 33.0 Å². The summed E-state index contributed by atoms with van der Waals surface area (Å²) in [6.45, 7) is 3.46. The van der Waals surface area contributed by atoms with Crippen LogP contribution in [0.25, 0.3) is 0 Å². The summed E-state index contributed by atoms with van der Waals surface area (Å²) in [5.74, 6) is 0. The first-order chi connectivity index (χ1) is 10.8. The van der Waals surface area contributed by atoms with Gasteiger partial charge in [0.15, 0.2) is 0 Å². The van der Waals surface area contributed by atoms with E-state index >= 15 is 0 Å². The molecule has 8 heteroatoms. The third-order valence-electron chi connectivity index (χ3n) is 3.33. The molecule has 2 rings (SSSR count). The number of halogens is 1. The van der Waals surface area contributed by atoms with Crippen LogP contribution in [0.5, 0.6) is 0 Å². The van der Waals surface area contributed by atoms with Gasteiger partial charge in [-0.2, -0.15) is 0 Å². The summed E-state index contributed by atoms with van der Waals surface area (Å²) in [4.78, 5) is 10.2. The highest BCUT2D eigenvalue weighted by molar-refractivity contribution is 7.92. The summed E-state index contributed by atoms with van der Waals surface area (Å²) in [6.07, 6.45) is 0. The third kappa shape index (κ3) is 3.46. The molecule has 6 nitrogen and oxygen atoms in total. The second kappa shape index (κ2) is 6.55. The third-order valence-corrected chi connectivity index (χ3v) is 5.61. The fourth-order valence-corrected chi connectivity index (χ4v) is 4.12. The normalized spacial score (nSPS) is 11.3. The van der Waals surface area contributed by atoms with Gasteiger partial charge in [0.05, 0.1) is 15.5 Å². The standard InChI is InChI=1S/C15H15ClN2O4S/c1-3-17(13-6-4-5-12(16)9-13)23(21,22)15-10-14(18(19)20)8-7-11(15)2/h4-10H,3H2,1-2H3. The number of benzene rings is 2. The predicted octanol–water partition coefficient (Wildman–Crippen LogP) is 3.77. The average molecular weight is 355 g/mol. The van der Waals surface area contributed by atoms with E-state index in [-0.39, 0.29) is 17.1 Å². The van der Waals surface area contributed by atoms with Crippen molar-refractivity contribution in [3.8, 4) is 0 Å². The maximum atomic E-state index is 12.9. The molecule has 0 unspecified atom stereocenters. The number of non-ortho nitro benzene ring substituents is 1. The highest BCUT2D eigenvalue weighted by Crippen LogP contribution is 2.29. The molecule has 0 atom stereocenters. The SMILES string of the molecule is CCN(c1cccc(Cl)c1)S(=O)(=O)c1cc([N+](=O)[O-])ccc1C. The number of nitro groups is 1. The molecule has 2 aromatic carbocycles. The van der Waals surface area contributed by atoms with Crippen molar-refractivity contribution in [3.05, 3.63) is 63.2 Å². The Balaban J connectivity index is 2.60. The number of nitrogens with zero attached hydrogens (tertiary/aromatic N) is 2. The Bertz CT molecular complexity index is 852. The molecule has 2 aromatic rings. The minimum absolute atomic E-state index is 0.0893. The number of aryl methyl sites for hydroxylation is 1. The number of rotatable bonds is 5. The molecule has 0 amide bonds. The second-order valence-electron chi connectivity index (χ2n) is 4.86. The topological polar surface area (TPSA) is 80.5 Å². The van der Waals surface area contributed by atoms with Crippen molar-refractivity contribution in [2.45, 2.75) is 18.7 Å². The zero-order chi connectivity index (χ0) is 17.2. The van der Waals surface area contributed by atoms with E-state index in [0.717, 1.165) is 6.07 Å². The number of anilines is 1. The monoisotopic (exact) mass is 354 g/mol. The zero-order valence-corrected chi connectivity index (χ0v) is 14.1. The summed E-state index contributed by atoms with van der Waals surface area (Å²) < 4.78 is 27.0. The van der Waals surface area contributed by atoms with Gasteiger partial charge >= 0.3 is 0 Å². The smallest absolute Gasteiger partial charge is 0.267 e. The fourth-order valence-electron chi connectivity index (χ4n) is 2.22. The van der Waals surface area contributed by atoms with Crippen LogP contribution in [0.4, 0.5) is 11.4 Å². The molecule has 0 fully saturated rings. The number of hydrogen-bond acceptors (Lipinski definition) is 4. The van der Waals surface area contributed by atoms with Crippen LogP contribution in [0.1, 0.15) is 12.5 Å². The van der Waals surface area contributed by atoms with Crippen molar-refractivity contribution < 1.29 is 13.3 Å². The van der Waals surface area contributed by atoms with Crippen LogP contribution in [0.15, 0.2) is 47.4 Å². The maximum Gasteiger partial charge on any atom is 0.270 e. The summed E-state index contributed by atoms with van der Waals surface area (Å²) in [6, 6.07) is 10.2. The van der Waals surface area contributed by atoms with Crippen molar-refractivity contribution in [2.24, 2.45) is 0 Å². The lowest BCUT2D eigenvalue weighted by molar-refractivity contribution is -0.385. The maximum absolute atomic E-state index is 12.9. The molecule has 0 N–H and O–H groups in total. The lowest BCUT2D eigenvalue weighted by Gasteiger charge is -2.23. The Labute approximate surface area is 139 Å². The van der Waals surface area contributed by atoms with Gasteiger partial charge in [0, 0.05) is 23.7 Å². The molecule has 0 saturated heterocycles. The van der Waals surface area contributed by atoms with Gasteiger partial charge in [-0.1, -0.05) is 23.7 Å². The van der Waals surface area contributed by atoms with Gasteiger partial charge in [0.25, 0.3) is 15.7 Å². The molecular weight excluding hydrogens is 340 g/mol. The van der Waals surface area contributed by atoms with Gasteiger partial charge in [-0.25, -0.2) is 8.42 Å². The fraction of sp³-hybridized carbons (Fsp3) is 0.200. The first-order valence-electron chi connectivity index (χ1n) is 6.80. The van der Waals surface area contributed by atoms with Crippen LogP contribution in [0, 0.1) is 17.0 Å². The Morgan fingerprint density at radius 1 is 1.22 bits per heavy atom. The van der Waals surface area contributed by atoms with E-state index in [1.165, 1.54) is 22.5 Å². The molecule has 0 aromatic heterocycles. The largest absolute Gasteiger partial charge is 0.270 e. The summed E-state index contributed by atoms with van der Waals surface area (Å²) in [5.41, 5.74) is 0.582. The number of sulfonamides is 1. The molecule has 0 spiro atoms. The van der Waals surface area contributed by atoms with Gasteiger partial charge in [0.1, 0.15) is 0 Å². The molecular formula is C15H15ClN2O4S. The Morgan fingerprint density at radius 3 is 2.48 bits per heavy atom. The molecule has 0 bridgehead atoms. The molecule has 0 aliphatic carbocycles. The van der Waals surface area contributed by atoms with Gasteiger partial charge in [-0.3, -0.25) is 14.4 Å². The van der Waals surface area contributed by atoms with Crippen LogP contribution >= 0.6 is 11.6 Å². The minimum Gasteiger partial charge on any atom is -0.267 e. The van der Waals surface area contributed by atoms with E-state index in [0.29, 0.717) is 16.3 Å². The minimum atomic E-state index is -3.94. The van der Waals surface area contributed by atoms with E-state index in [1.54, 1.807) is 32.0 Å². The highest BCUT2D eigenvalue weighted by atomic mass is 35.5. The van der Waals surface area contributed by atoms with Crippen molar-refractivity contribution in [3.63, 3.8) is 0 Å². The van der Waals surface area contributed by atoms with E-state index < -0.39 is 14.9 Å². The second-order valence-corrected chi connectivity index (χ2v) is 7.12. The Morgan fingerprint density at radius 2 is 1.91 bits per heavy atom. The van der Waals surface area contributed by atoms with Gasteiger partial charge in [-0.05, 0) is 37.6 Å². The van der Waals surface area contributed by atoms with E-state index in [4.69, 9.17) is 11.6 Å². The van der Waals surface area contributed by atoms with Gasteiger partial charge in [-0.15, -0.1) is 0 Å². The van der Waals surface area contributed by atoms with Gasteiger partial charge in [0.2, 0.25) is 0 Å². The summed E-state index contributed by atoms with van der Waals surface area (Å²) in [7, 11) is -3.94. The first-order valence-corrected chi connectivity index (χ1v) is 8.62. The summed E-state index contributed by atoms with van der Waals surface area (Å²) >= 11 is 5.93. The van der Waals surface area contributed by atoms with Crippen LogP contribution in [-0.2, 0) is 10.0 Å². The molecule has 0 heterocycles. The quantitative estimate of drug-likeness (QED) is 0.604. The van der Waals surface area contributed by atoms with Crippen molar-refractivity contribution in [1.29, 1.82) is 0 Å². The van der Waals surface area contributed by atoms with Gasteiger partial charge < -0.3 is 0 Å². The van der Waals surface area contributed by atoms with Crippen LogP contribution in [0.3, 0.4) is 0 Å². The highest BCUT2D eigenvalue weighted by Gasteiger charge is 2.27. The molecule has 0 aliphatic rings. The molecule has 0 radical (unpaired) electrons. The molecule has 0 aliphatic heterocycles. The predicted molar refractivity (Wildman–Crippen MR) is 89.5 cm³/mol. The van der Waals surface area contributed by atoms with Crippen LogP contribution in [0.2, 0.25) is 5.02 Å². The van der Waals surface area contributed by atoms with Crippen molar-refractivity contribution in [2.75, 3.05) is 10.8 Å². The number of nitro benzene ring substituents is 1. The average Bonchev–Trinajstić information content (AvgIpc) is 2.47. The lowest BCUT2D eigenvalue weighted by atomic mass is 10.2. The van der Waals surface area contributed by atoms with E-state index in [2.05, 4.69) is 0 Å². The van der Waals surface area contributed by atoms with Crippen LogP contribution < -0.4 is 4.31 Å². The van der Waals surface area contributed by atoms with E-state index in [9.17, 15) is 18.5 Å². The Hall–Kier alpha value is -2.12. The Kier molecular flexibility index (Phi) is 4.91. The molecule has 122 valence electrons. The lowest BCUT2D eigenvalue weighted by Crippen LogP contribution is -2.31. The zero-order valence-electron chi connectivity index (χ0n) is 12.6. The number of hydrogen-bond donors (Lipinski definition) is 0. The summed E-state index contributed by atoms with van der Waals surface area (Å²) in [5, 5.41) is 11.3. The molecule has 0 saturated carbocycles. The first kappa shape index (κ1) is 17.2. The van der Waals surface area contributed by atoms with Crippen molar-refractivity contribution in [1.82, 2.24) is 0 Å². The van der Waals surface area contributed by atoms with E-state index in [1.807, 2.05) is 0 Å². The van der Waals surface area contributed by atoms with Crippen LogP contribution in [-0.4, -0.2) is 19.9 Å².